The zero-order valence-corrected chi connectivity index (χ0v) is 26.0. The summed E-state index contributed by atoms with van der Waals surface area (Å²) in [6, 6.07) is 5.86. The first kappa shape index (κ1) is 30.4. The van der Waals surface area contributed by atoms with Crippen molar-refractivity contribution in [2.24, 2.45) is 0 Å². The Morgan fingerprint density at radius 2 is 1.30 bits per heavy atom. The van der Waals surface area contributed by atoms with Gasteiger partial charge in [0.1, 0.15) is 0 Å². The maximum Gasteiger partial charge on any atom is 0.305 e. The first-order chi connectivity index (χ1) is 21.1. The third kappa shape index (κ3) is 5.53. The Bertz CT molecular complexity index is 1900. The number of methoxy groups -OCH3 is 2. The van der Waals surface area contributed by atoms with Crippen molar-refractivity contribution in [2.45, 2.75) is 53.4 Å². The van der Waals surface area contributed by atoms with Gasteiger partial charge in [0, 0.05) is 46.2 Å². The molecule has 0 fully saturated rings. The smallest absolute Gasteiger partial charge is 0.305 e. The maximum atomic E-state index is 12.1. The predicted octanol–water partition coefficient (Wildman–Crippen LogP) is 7.23. The molecule has 2 aromatic rings. The molecule has 0 amide bonds. The number of allylic oxidation sites excluding steroid dienone is 8. The topological polar surface area (TPSA) is 120 Å². The Kier molecular flexibility index (Phi) is 8.49. The van der Waals surface area contributed by atoms with Crippen LogP contribution in [0.5, 0.6) is 0 Å². The number of nitrogens with one attached hydrogen (secondary N) is 1. The lowest BCUT2D eigenvalue weighted by Gasteiger charge is -2.04. The first-order valence-electron chi connectivity index (χ1n) is 14.4. The molecule has 9 nitrogen and oxygen atoms in total. The highest BCUT2D eigenvalue weighted by molar-refractivity contribution is 5.98. The lowest BCUT2D eigenvalue weighted by Crippen LogP contribution is -2.02. The average molecular weight is 593 g/mol. The third-order valence-electron chi connectivity index (χ3n) is 8.33. The van der Waals surface area contributed by atoms with E-state index in [1.807, 2.05) is 45.9 Å². The minimum atomic E-state index is -0.300. The second-order valence-electron chi connectivity index (χ2n) is 10.8. The largest absolute Gasteiger partial charge is 0.469 e. The van der Waals surface area contributed by atoms with E-state index >= 15 is 0 Å². The van der Waals surface area contributed by atoms with Gasteiger partial charge in [-0.2, -0.15) is 0 Å². The van der Waals surface area contributed by atoms with Gasteiger partial charge in [-0.1, -0.05) is 25.3 Å². The summed E-state index contributed by atoms with van der Waals surface area (Å²) in [4.78, 5) is 42.5. The second kappa shape index (κ2) is 12.3. The molecule has 0 saturated carbocycles. The maximum absolute atomic E-state index is 12.1. The molecular weight excluding hydrogens is 556 g/mol. The van der Waals surface area contributed by atoms with E-state index in [2.05, 4.69) is 18.1 Å². The van der Waals surface area contributed by atoms with Crippen LogP contribution in [0, 0.1) is 6.92 Å². The number of hydrogen-bond acceptors (Lipinski definition) is 8. The van der Waals surface area contributed by atoms with E-state index in [1.165, 1.54) is 14.2 Å². The fourth-order valence-corrected chi connectivity index (χ4v) is 5.68. The van der Waals surface area contributed by atoms with Crippen molar-refractivity contribution in [3.63, 3.8) is 0 Å². The van der Waals surface area contributed by atoms with Gasteiger partial charge in [0.25, 0.3) is 0 Å². The van der Waals surface area contributed by atoms with Gasteiger partial charge in [-0.15, -0.1) is 0 Å². The van der Waals surface area contributed by atoms with Crippen LogP contribution in [0.25, 0.3) is 44.5 Å². The van der Waals surface area contributed by atoms with Crippen molar-refractivity contribution >= 4 is 56.4 Å². The van der Waals surface area contributed by atoms with Crippen molar-refractivity contribution in [1.29, 1.82) is 0 Å². The normalized spacial score (nSPS) is 13.7. The van der Waals surface area contributed by atoms with Gasteiger partial charge in [0.05, 0.1) is 37.0 Å². The molecule has 2 aromatic heterocycles. The van der Waals surface area contributed by atoms with Gasteiger partial charge < -0.3 is 18.9 Å². The molecule has 0 unspecified atom stereocenters. The van der Waals surface area contributed by atoms with Crippen molar-refractivity contribution < 1.29 is 23.5 Å². The molecule has 5 rings (SSSR count). The van der Waals surface area contributed by atoms with Crippen LogP contribution < -0.4 is 0 Å². The molecule has 0 aromatic carbocycles. The number of H-pyrrole nitrogens is 1. The summed E-state index contributed by atoms with van der Waals surface area (Å²) in [5, 5.41) is 0. The molecule has 3 aliphatic rings. The Morgan fingerprint density at radius 3 is 1.86 bits per heavy atom. The van der Waals surface area contributed by atoms with Gasteiger partial charge in [-0.25, -0.2) is 15.0 Å². The number of carbonyl (C=O) groups is 2. The number of rotatable bonds is 8. The van der Waals surface area contributed by atoms with E-state index < -0.39 is 0 Å². The minimum absolute atomic E-state index is 0.208. The number of fused-ring (bicyclic) bond motifs is 8. The third-order valence-corrected chi connectivity index (χ3v) is 8.33. The van der Waals surface area contributed by atoms with Crippen molar-refractivity contribution in [1.82, 2.24) is 19.9 Å². The van der Waals surface area contributed by atoms with Crippen LogP contribution in [0.4, 0.5) is 0 Å². The molecule has 8 bridgehead atoms. The molecule has 0 radical (unpaired) electrons. The van der Waals surface area contributed by atoms with Gasteiger partial charge in [-0.05, 0) is 81.0 Å². The van der Waals surface area contributed by atoms with Gasteiger partial charge in [0.2, 0.25) is 11.8 Å². The Hall–Kier alpha value is -5.05. The second-order valence-corrected chi connectivity index (χ2v) is 10.8. The van der Waals surface area contributed by atoms with Crippen LogP contribution in [0.3, 0.4) is 0 Å². The molecule has 0 aliphatic carbocycles. The number of nitrogens with zero attached hydrogens (tertiary/aromatic N) is 3. The van der Waals surface area contributed by atoms with E-state index in [0.29, 0.717) is 41.7 Å². The summed E-state index contributed by atoms with van der Waals surface area (Å²) in [5.41, 5.74) is 11.6. The van der Waals surface area contributed by atoms with Gasteiger partial charge in [-0.3, -0.25) is 9.59 Å². The number of ether oxygens (including phenoxy) is 2. The van der Waals surface area contributed by atoms with E-state index in [0.717, 1.165) is 61.3 Å². The van der Waals surface area contributed by atoms with Gasteiger partial charge in [0.15, 0.2) is 0 Å². The predicted molar refractivity (Wildman–Crippen MR) is 172 cm³/mol. The lowest BCUT2D eigenvalue weighted by atomic mass is 10.00. The van der Waals surface area contributed by atoms with Crippen LogP contribution in [-0.2, 0) is 25.5 Å². The average Bonchev–Trinajstić information content (AvgIpc) is 3.67. The van der Waals surface area contributed by atoms with Crippen molar-refractivity contribution in [3.8, 4) is 0 Å². The van der Waals surface area contributed by atoms with E-state index in [-0.39, 0.29) is 24.8 Å². The number of aromatic nitrogens is 4. The number of aryl methyl sites for hydroxylation is 2. The van der Waals surface area contributed by atoms with Crippen LogP contribution in [0.15, 0.2) is 47.9 Å². The molecular formula is C35H36N4O5. The molecule has 0 atom stereocenters. The molecule has 3 aliphatic heterocycles. The fourth-order valence-electron chi connectivity index (χ4n) is 5.68. The highest BCUT2D eigenvalue weighted by Gasteiger charge is 2.24. The van der Waals surface area contributed by atoms with Crippen LogP contribution in [0.1, 0.15) is 85.7 Å². The molecule has 44 heavy (non-hydrogen) atoms. The molecule has 5 heterocycles. The van der Waals surface area contributed by atoms with Gasteiger partial charge >= 0.3 is 11.9 Å². The minimum Gasteiger partial charge on any atom is -0.469 e. The van der Waals surface area contributed by atoms with Crippen LogP contribution >= 0.6 is 0 Å². The summed E-state index contributed by atoms with van der Waals surface area (Å²) >= 11 is 0. The molecule has 9 heteroatoms. The number of esters is 2. The van der Waals surface area contributed by atoms with Crippen molar-refractivity contribution in [3.05, 3.63) is 89.2 Å². The van der Waals surface area contributed by atoms with E-state index in [4.69, 9.17) is 28.8 Å². The number of hydrogen-bond donors (Lipinski definition) is 1. The van der Waals surface area contributed by atoms with Crippen molar-refractivity contribution in [2.75, 3.05) is 14.2 Å². The highest BCUT2D eigenvalue weighted by Crippen LogP contribution is 2.38. The fraction of sp³-hybridized carbons (Fsp3) is 0.286. The Labute approximate surface area is 256 Å². The molecule has 1 N–H and O–H groups in total. The lowest BCUT2D eigenvalue weighted by molar-refractivity contribution is -0.141. The summed E-state index contributed by atoms with van der Waals surface area (Å²) < 4.78 is 16.2. The SMILES string of the molecule is C=CC1=C(C)c2nc1cc1nc(cc3[nH]c(cc4nc(o2)C(C)=C4C=C)c(C)c3CCC(=O)OC)C(CCC(=O)OC)=C1C. The standard InChI is InChI=1S/C35H36N4O5/c1-9-22-20(5)34-38-28(22)15-26-18(3)24(11-13-32(40)42-7)30(36-26)17-31-25(12-14-33(41)43-8)19(4)27(37-31)16-29-23(10-2)21(6)35(39-29)44-34/h9-10,15-17,36H,1-2,11-14H2,3-8H3. The number of carbonyl (C=O) groups excluding carboxylic acids is 2. The zero-order valence-electron chi connectivity index (χ0n) is 26.0. The summed E-state index contributed by atoms with van der Waals surface area (Å²) in [6.07, 6.45) is 4.86. The zero-order chi connectivity index (χ0) is 31.7. The molecule has 0 saturated heterocycles. The molecule has 0 spiro atoms. The Balaban J connectivity index is 1.89. The van der Waals surface area contributed by atoms with Crippen LogP contribution in [0.2, 0.25) is 0 Å². The Morgan fingerprint density at radius 1 is 0.750 bits per heavy atom. The molecule has 226 valence electrons. The highest BCUT2D eigenvalue weighted by atomic mass is 16.5. The van der Waals surface area contributed by atoms with E-state index in [9.17, 15) is 9.59 Å². The van der Waals surface area contributed by atoms with E-state index in [1.54, 1.807) is 12.2 Å². The first-order valence-corrected chi connectivity index (χ1v) is 14.4. The van der Waals surface area contributed by atoms with Crippen LogP contribution in [-0.4, -0.2) is 46.1 Å². The summed E-state index contributed by atoms with van der Waals surface area (Å²) in [7, 11) is 2.77. The number of aromatic amines is 1. The monoisotopic (exact) mass is 592 g/mol. The quantitative estimate of drug-likeness (QED) is 0.319. The summed E-state index contributed by atoms with van der Waals surface area (Å²) in [5.74, 6) is 0.284. The summed E-state index contributed by atoms with van der Waals surface area (Å²) in [6.45, 7) is 15.9.